The molecule has 0 bridgehead atoms. The molecule has 0 saturated heterocycles. The minimum Gasteiger partial charge on any atom is -1.00 e. The topological polar surface area (TPSA) is 0 Å². The summed E-state index contributed by atoms with van der Waals surface area (Å²) in [6.07, 6.45) is 0. The average molecular weight is 659 g/mol. The summed E-state index contributed by atoms with van der Waals surface area (Å²) in [5.41, 5.74) is 10.9. The van der Waals surface area contributed by atoms with E-state index in [1.54, 1.807) is 23.3 Å². The molecule has 0 heterocycles. The van der Waals surface area contributed by atoms with Gasteiger partial charge in [-0.2, -0.15) is 0 Å². The van der Waals surface area contributed by atoms with Gasteiger partial charge in [0.1, 0.15) is 0 Å². The van der Waals surface area contributed by atoms with E-state index >= 15 is 0 Å². The van der Waals surface area contributed by atoms with Crippen molar-refractivity contribution >= 4 is 27.0 Å². The second-order valence-corrected chi connectivity index (χ2v) is 19.6. The number of fused-ring (bicyclic) bond motifs is 2. The van der Waals surface area contributed by atoms with Gasteiger partial charge in [-0.15, -0.1) is 68.1 Å². The van der Waals surface area contributed by atoms with Crippen molar-refractivity contribution < 1.29 is 48.1 Å². The number of hydrogen-bond donors (Lipinski definition) is 0. The average Bonchev–Trinajstić information content (AvgIpc) is 3.57. The molecule has 0 aliphatic heterocycles. The predicted octanol–water partition coefficient (Wildman–Crippen LogP) is 4.48. The number of aryl methyl sites for hydroxylation is 4. The van der Waals surface area contributed by atoms with Crippen molar-refractivity contribution in [1.82, 2.24) is 0 Å². The zero-order chi connectivity index (χ0) is 27.2. The molecule has 0 spiro atoms. The van der Waals surface area contributed by atoms with Gasteiger partial charge >= 0.3 is 41.9 Å². The summed E-state index contributed by atoms with van der Waals surface area (Å²) in [7, 11) is 0. The molecule has 40 heavy (non-hydrogen) atoms. The van der Waals surface area contributed by atoms with E-state index in [1.807, 2.05) is 0 Å². The van der Waals surface area contributed by atoms with Gasteiger partial charge in [-0.3, -0.25) is 0 Å². The summed E-state index contributed by atoms with van der Waals surface area (Å²) in [6, 6.07) is 39.1. The monoisotopic (exact) mass is 656 g/mol. The van der Waals surface area contributed by atoms with Crippen LogP contribution < -0.4 is 24.8 Å². The summed E-state index contributed by atoms with van der Waals surface area (Å²) in [4.78, 5) is 0. The zero-order valence-corrected chi connectivity index (χ0v) is 29.1. The molecular formula is C36H36Cl2SiZr-2. The van der Waals surface area contributed by atoms with Gasteiger partial charge in [0.25, 0.3) is 0 Å². The third kappa shape index (κ3) is 8.40. The largest absolute Gasteiger partial charge is 1.00 e. The first-order valence-corrected chi connectivity index (χ1v) is 19.4. The maximum atomic E-state index is 2.31. The van der Waals surface area contributed by atoms with Gasteiger partial charge < -0.3 is 24.8 Å². The van der Waals surface area contributed by atoms with Crippen LogP contribution in [0.4, 0.5) is 0 Å². The molecular weight excluding hydrogens is 623 g/mol. The Morgan fingerprint density at radius 2 is 0.800 bits per heavy atom. The molecule has 0 unspecified atom stereocenters. The second kappa shape index (κ2) is 15.7. The molecule has 0 atom stereocenters. The first-order valence-electron chi connectivity index (χ1n) is 13.2. The van der Waals surface area contributed by atoms with Gasteiger partial charge in [0.15, 0.2) is 0 Å². The smallest absolute Gasteiger partial charge is 0.0469 e. The van der Waals surface area contributed by atoms with E-state index in [0.29, 0.717) is 0 Å². The van der Waals surface area contributed by atoms with Gasteiger partial charge in [-0.25, -0.2) is 0 Å². The number of halogens is 2. The molecule has 0 N–H and O–H groups in total. The van der Waals surface area contributed by atoms with Crippen LogP contribution in [0.25, 0.3) is 43.8 Å². The van der Waals surface area contributed by atoms with Crippen LogP contribution in [-0.2, 0) is 23.3 Å². The molecule has 0 fully saturated rings. The van der Waals surface area contributed by atoms with Crippen molar-refractivity contribution in [3.63, 3.8) is 0 Å². The maximum Gasteiger partial charge on any atom is -0.0469 e. The van der Waals surface area contributed by atoms with Crippen molar-refractivity contribution in [3.8, 4) is 22.3 Å². The fraction of sp³-hybridized carbons (Fsp3) is 0.167. The van der Waals surface area contributed by atoms with Crippen LogP contribution in [0.3, 0.4) is 0 Å². The molecule has 0 aliphatic rings. The first-order chi connectivity index (χ1) is 18.2. The number of rotatable bonds is 2. The van der Waals surface area contributed by atoms with Gasteiger partial charge in [0.2, 0.25) is 0 Å². The van der Waals surface area contributed by atoms with E-state index in [1.165, 1.54) is 66.1 Å². The van der Waals surface area contributed by atoms with Crippen molar-refractivity contribution in [1.29, 1.82) is 0 Å². The second-order valence-electron chi connectivity index (χ2n) is 10.3. The Bertz CT molecular complexity index is 1480. The summed E-state index contributed by atoms with van der Waals surface area (Å²) in [5.74, 6) is 0. The van der Waals surface area contributed by atoms with E-state index in [2.05, 4.69) is 150 Å². The Labute approximate surface area is 267 Å². The molecule has 0 nitrogen and oxygen atoms in total. The van der Waals surface area contributed by atoms with E-state index < -0.39 is 0 Å². The fourth-order valence-corrected chi connectivity index (χ4v) is 4.78. The van der Waals surface area contributed by atoms with Crippen molar-refractivity contribution in [2.24, 2.45) is 0 Å². The Balaban J connectivity index is 0.000000237. The molecule has 0 amide bonds. The van der Waals surface area contributed by atoms with Crippen LogP contribution in [0.2, 0.25) is 13.1 Å². The van der Waals surface area contributed by atoms with Crippen LogP contribution >= 0.6 is 0 Å². The van der Waals surface area contributed by atoms with Crippen LogP contribution in [0.1, 0.15) is 22.3 Å². The third-order valence-corrected chi connectivity index (χ3v) is 6.86. The number of hydrogen-bond acceptors (Lipinski definition) is 0. The van der Waals surface area contributed by atoms with Crippen LogP contribution in [0.15, 0.2) is 109 Å². The molecule has 4 heteroatoms. The zero-order valence-electron chi connectivity index (χ0n) is 24.1. The molecule has 0 aromatic heterocycles. The quantitative estimate of drug-likeness (QED) is 0.190. The van der Waals surface area contributed by atoms with Crippen molar-refractivity contribution in [2.45, 2.75) is 40.8 Å². The molecule has 6 aromatic rings. The summed E-state index contributed by atoms with van der Waals surface area (Å²) in [5, 5.41) is 5.51. The van der Waals surface area contributed by atoms with Crippen LogP contribution in [-0.4, -0.2) is 5.43 Å². The van der Waals surface area contributed by atoms with Crippen molar-refractivity contribution in [2.75, 3.05) is 0 Å². The minimum atomic E-state index is 0. The van der Waals surface area contributed by atoms with Gasteiger partial charge in [0, 0.05) is 0 Å². The molecule has 204 valence electrons. The Hall–Kier alpha value is -2.22. The molecule has 6 aromatic carbocycles. The van der Waals surface area contributed by atoms with Crippen LogP contribution in [0, 0.1) is 27.7 Å². The van der Waals surface area contributed by atoms with Crippen LogP contribution in [0.5, 0.6) is 0 Å². The third-order valence-electron chi connectivity index (χ3n) is 6.86. The van der Waals surface area contributed by atoms with Gasteiger partial charge in [-0.1, -0.05) is 121 Å². The molecule has 6 rings (SSSR count). The maximum absolute atomic E-state index is 2.31. The van der Waals surface area contributed by atoms with E-state index in [-0.39, 0.29) is 30.2 Å². The fourth-order valence-electron chi connectivity index (χ4n) is 4.78. The predicted molar refractivity (Wildman–Crippen MR) is 166 cm³/mol. The molecule has 0 radical (unpaired) electrons. The van der Waals surface area contributed by atoms with E-state index in [9.17, 15) is 0 Å². The SMILES string of the molecule is C[Si](C)=[Zr+2].Cc1ccc(C)c2[cH-]c(-c3ccccc3)cc12.Cc1ccc(C)c2[cH-]c(-c3ccccc3)cc12.[Cl-].[Cl-]. The van der Waals surface area contributed by atoms with E-state index in [4.69, 9.17) is 0 Å². The Morgan fingerprint density at radius 1 is 0.500 bits per heavy atom. The molecule has 0 aliphatic carbocycles. The number of benzene rings is 4. The van der Waals surface area contributed by atoms with Gasteiger partial charge in [-0.05, 0) is 13.8 Å². The normalized spacial score (nSPS) is 10.0. The molecule has 0 saturated carbocycles. The minimum absolute atomic E-state index is 0. The summed E-state index contributed by atoms with van der Waals surface area (Å²) >= 11 is 1.74. The van der Waals surface area contributed by atoms with E-state index in [0.717, 1.165) is 0 Å². The first kappa shape index (κ1) is 34.0. The Kier molecular flexibility index (Phi) is 13.3. The van der Waals surface area contributed by atoms with Gasteiger partial charge in [0.05, 0.1) is 0 Å². The standard InChI is InChI=1S/2C17H15.C2H6Si.2ClH.Zr/c2*1-12-8-9-13(2)17-11-15(10-16(12)17)14-6-4-3-5-7-14;1-3-2;;;/h2*3-11H,1-2H3;1-2H3;2*1H;/q2*-1;;;;+2/p-2. The van der Waals surface area contributed by atoms with Crippen molar-refractivity contribution in [3.05, 3.63) is 131 Å². The summed E-state index contributed by atoms with van der Waals surface area (Å²) < 4.78 is 0. The Morgan fingerprint density at radius 3 is 1.10 bits per heavy atom. The summed E-state index contributed by atoms with van der Waals surface area (Å²) in [6.45, 7) is 13.3.